The van der Waals surface area contributed by atoms with Gasteiger partial charge in [-0.3, -0.25) is 20.3 Å². The maximum Gasteiger partial charge on any atom is 0.361 e. The Bertz CT molecular complexity index is 1050. The first-order valence-corrected chi connectivity index (χ1v) is 7.98. The lowest BCUT2D eigenvalue weighted by atomic mass is 10.2. The quantitative estimate of drug-likeness (QED) is 0.464. The summed E-state index contributed by atoms with van der Waals surface area (Å²) in [7, 11) is 0. The lowest BCUT2D eigenvalue weighted by molar-refractivity contribution is -0.384. The van der Waals surface area contributed by atoms with Crippen molar-refractivity contribution in [2.75, 3.05) is 10.7 Å². The van der Waals surface area contributed by atoms with E-state index in [9.17, 15) is 19.7 Å². The predicted octanol–water partition coefficient (Wildman–Crippen LogP) is 3.14. The van der Waals surface area contributed by atoms with Gasteiger partial charge in [-0.25, -0.2) is 10.2 Å². The molecule has 138 valence electrons. The molecule has 27 heavy (non-hydrogen) atoms. The standard InChI is InChI=1S/C16H13ClN6O4/c1-9(24)19-10-2-4-11(5-3-10)20-21-16(25)22-15-7-12(23(26)27)6-14(17)13(15)8-18-22/h2-8,20H,1H3,(H,19,24)(H,21,25). The smallest absolute Gasteiger partial charge is 0.326 e. The number of carbonyl (C=O) groups excluding carboxylic acids is 2. The summed E-state index contributed by atoms with van der Waals surface area (Å²) in [5.74, 6) is -0.192. The number of carbonyl (C=O) groups is 2. The van der Waals surface area contributed by atoms with Gasteiger partial charge in [0, 0.05) is 30.1 Å². The van der Waals surface area contributed by atoms with Crippen molar-refractivity contribution < 1.29 is 14.5 Å². The molecule has 3 N–H and O–H groups in total. The van der Waals surface area contributed by atoms with Crippen LogP contribution < -0.4 is 16.2 Å². The third-order valence-electron chi connectivity index (χ3n) is 3.55. The van der Waals surface area contributed by atoms with Gasteiger partial charge in [0.05, 0.1) is 27.3 Å². The molecule has 2 aromatic carbocycles. The number of amides is 2. The van der Waals surface area contributed by atoms with Crippen LogP contribution in [0.4, 0.5) is 21.9 Å². The van der Waals surface area contributed by atoms with E-state index in [1.807, 2.05) is 0 Å². The number of anilines is 2. The Labute approximate surface area is 157 Å². The Hall–Kier alpha value is -3.66. The number of halogens is 1. The topological polar surface area (TPSA) is 131 Å². The molecule has 10 nitrogen and oxygen atoms in total. The summed E-state index contributed by atoms with van der Waals surface area (Å²) in [5.41, 5.74) is 6.24. The Kier molecular flexibility index (Phi) is 4.90. The molecule has 11 heteroatoms. The first-order chi connectivity index (χ1) is 12.8. The molecule has 0 saturated heterocycles. The molecule has 1 aromatic heterocycles. The van der Waals surface area contributed by atoms with Crippen LogP contribution in [0.1, 0.15) is 6.92 Å². The Morgan fingerprint density at radius 2 is 1.85 bits per heavy atom. The van der Waals surface area contributed by atoms with Gasteiger partial charge in [-0.15, -0.1) is 0 Å². The molecule has 0 aliphatic carbocycles. The lowest BCUT2D eigenvalue weighted by Crippen LogP contribution is -2.33. The summed E-state index contributed by atoms with van der Waals surface area (Å²) in [6.07, 6.45) is 1.35. The fourth-order valence-electron chi connectivity index (χ4n) is 2.36. The normalized spacial score (nSPS) is 10.4. The van der Waals surface area contributed by atoms with Gasteiger partial charge in [0.15, 0.2) is 0 Å². The minimum Gasteiger partial charge on any atom is -0.326 e. The molecule has 0 saturated carbocycles. The highest BCUT2D eigenvalue weighted by molar-refractivity contribution is 6.35. The van der Waals surface area contributed by atoms with Crippen molar-refractivity contribution >= 4 is 51.5 Å². The molecule has 2 amide bonds. The number of nitro groups is 1. The van der Waals surface area contributed by atoms with E-state index < -0.39 is 11.0 Å². The Morgan fingerprint density at radius 1 is 1.19 bits per heavy atom. The van der Waals surface area contributed by atoms with Gasteiger partial charge < -0.3 is 5.32 Å². The zero-order chi connectivity index (χ0) is 19.6. The number of rotatable bonds is 4. The summed E-state index contributed by atoms with van der Waals surface area (Å²) in [6, 6.07) is 8.36. The third-order valence-corrected chi connectivity index (χ3v) is 3.86. The number of hydrogen-bond acceptors (Lipinski definition) is 6. The largest absolute Gasteiger partial charge is 0.361 e. The average molecular weight is 389 g/mol. The molecule has 0 atom stereocenters. The Balaban J connectivity index is 1.76. The number of nitro benzene ring substituents is 1. The predicted molar refractivity (Wildman–Crippen MR) is 99.7 cm³/mol. The number of nitrogens with zero attached hydrogens (tertiary/aromatic N) is 3. The highest BCUT2D eigenvalue weighted by atomic mass is 35.5. The summed E-state index contributed by atoms with van der Waals surface area (Å²) in [5, 5.41) is 18.1. The second-order valence-electron chi connectivity index (χ2n) is 5.49. The van der Waals surface area contributed by atoms with Crippen LogP contribution in [0, 0.1) is 10.1 Å². The molecule has 0 bridgehead atoms. The molecule has 0 fully saturated rings. The number of hydrogen-bond donors (Lipinski definition) is 3. The van der Waals surface area contributed by atoms with Crippen molar-refractivity contribution in [2.24, 2.45) is 0 Å². The second-order valence-corrected chi connectivity index (χ2v) is 5.89. The van der Waals surface area contributed by atoms with Crippen LogP contribution in [-0.4, -0.2) is 26.6 Å². The first-order valence-electron chi connectivity index (χ1n) is 7.61. The van der Waals surface area contributed by atoms with E-state index >= 15 is 0 Å². The van der Waals surface area contributed by atoms with E-state index in [0.717, 1.165) is 4.68 Å². The number of benzene rings is 2. The molecule has 0 radical (unpaired) electrons. The highest BCUT2D eigenvalue weighted by Crippen LogP contribution is 2.28. The average Bonchev–Trinajstić information content (AvgIpc) is 3.05. The SMILES string of the molecule is CC(=O)Nc1ccc(NNC(=O)n2ncc3c(Cl)cc([N+](=O)[O-])cc32)cc1. The van der Waals surface area contributed by atoms with Crippen molar-refractivity contribution in [3.05, 3.63) is 57.7 Å². The number of hydrazine groups is 1. The molecular weight excluding hydrogens is 376 g/mol. The zero-order valence-corrected chi connectivity index (χ0v) is 14.6. The first kappa shape index (κ1) is 18.1. The Morgan fingerprint density at radius 3 is 2.48 bits per heavy atom. The van der Waals surface area contributed by atoms with Gasteiger partial charge in [0.1, 0.15) is 0 Å². The van der Waals surface area contributed by atoms with Crippen LogP contribution in [0.15, 0.2) is 42.6 Å². The summed E-state index contributed by atoms with van der Waals surface area (Å²) in [4.78, 5) is 33.7. The van der Waals surface area contributed by atoms with Crippen molar-refractivity contribution in [2.45, 2.75) is 6.92 Å². The van der Waals surface area contributed by atoms with Gasteiger partial charge in [-0.1, -0.05) is 11.6 Å². The summed E-state index contributed by atoms with van der Waals surface area (Å²) >= 11 is 6.01. The van der Waals surface area contributed by atoms with Gasteiger partial charge in [0.25, 0.3) is 5.69 Å². The minimum atomic E-state index is -0.660. The molecule has 1 heterocycles. The van der Waals surface area contributed by atoms with E-state index in [0.29, 0.717) is 16.8 Å². The maximum absolute atomic E-state index is 12.4. The van der Waals surface area contributed by atoms with E-state index in [1.54, 1.807) is 24.3 Å². The van der Waals surface area contributed by atoms with E-state index in [-0.39, 0.29) is 22.1 Å². The molecule has 0 aliphatic heterocycles. The van der Waals surface area contributed by atoms with Gasteiger partial charge in [-0.05, 0) is 24.3 Å². The third kappa shape index (κ3) is 3.96. The van der Waals surface area contributed by atoms with Crippen LogP contribution in [0.3, 0.4) is 0 Å². The number of nitrogens with one attached hydrogen (secondary N) is 3. The van der Waals surface area contributed by atoms with Crippen molar-refractivity contribution in [1.82, 2.24) is 15.2 Å². The highest BCUT2D eigenvalue weighted by Gasteiger charge is 2.17. The zero-order valence-electron chi connectivity index (χ0n) is 13.9. The van der Waals surface area contributed by atoms with Gasteiger partial charge in [0.2, 0.25) is 5.91 Å². The fraction of sp³-hybridized carbons (Fsp3) is 0.0625. The van der Waals surface area contributed by atoms with E-state index in [2.05, 4.69) is 21.3 Å². The van der Waals surface area contributed by atoms with Crippen molar-refractivity contribution in [1.29, 1.82) is 0 Å². The molecule has 3 rings (SSSR count). The maximum atomic E-state index is 12.4. The van der Waals surface area contributed by atoms with Crippen molar-refractivity contribution in [3.63, 3.8) is 0 Å². The van der Waals surface area contributed by atoms with Crippen LogP contribution in [0.2, 0.25) is 5.02 Å². The van der Waals surface area contributed by atoms with Gasteiger partial charge in [-0.2, -0.15) is 9.78 Å². The molecule has 0 unspecified atom stereocenters. The summed E-state index contributed by atoms with van der Waals surface area (Å²) < 4.78 is 0.965. The second kappa shape index (κ2) is 7.30. The van der Waals surface area contributed by atoms with Crippen LogP contribution in [0.5, 0.6) is 0 Å². The van der Waals surface area contributed by atoms with E-state index in [4.69, 9.17) is 11.6 Å². The lowest BCUT2D eigenvalue weighted by Gasteiger charge is -2.10. The number of fused-ring (bicyclic) bond motifs is 1. The summed E-state index contributed by atoms with van der Waals surface area (Å²) in [6.45, 7) is 1.40. The molecule has 0 spiro atoms. The number of aromatic nitrogens is 2. The molecule has 3 aromatic rings. The van der Waals surface area contributed by atoms with E-state index in [1.165, 1.54) is 25.3 Å². The van der Waals surface area contributed by atoms with Crippen LogP contribution in [-0.2, 0) is 4.79 Å². The number of non-ortho nitro benzene ring substituents is 1. The van der Waals surface area contributed by atoms with Gasteiger partial charge >= 0.3 is 6.03 Å². The van der Waals surface area contributed by atoms with Crippen LogP contribution in [0.25, 0.3) is 10.9 Å². The minimum absolute atomic E-state index is 0.125. The molecule has 0 aliphatic rings. The van der Waals surface area contributed by atoms with Crippen LogP contribution >= 0.6 is 11.6 Å². The fourth-order valence-corrected chi connectivity index (χ4v) is 2.61. The monoisotopic (exact) mass is 388 g/mol. The van der Waals surface area contributed by atoms with Crippen molar-refractivity contribution in [3.8, 4) is 0 Å². The molecular formula is C16H13ClN6O4.